The first-order chi connectivity index (χ1) is 13.6. The first kappa shape index (κ1) is 20.1. The highest BCUT2D eigenvalue weighted by Crippen LogP contribution is 2.33. The summed E-state index contributed by atoms with van der Waals surface area (Å²) in [6, 6.07) is 17.3. The van der Waals surface area contributed by atoms with Crippen molar-refractivity contribution in [1.29, 1.82) is 0 Å². The topological polar surface area (TPSA) is 59.9 Å². The summed E-state index contributed by atoms with van der Waals surface area (Å²) in [5.74, 6) is 1.13. The van der Waals surface area contributed by atoms with Gasteiger partial charge in [-0.25, -0.2) is 5.43 Å². The highest BCUT2D eigenvalue weighted by Gasteiger charge is 2.11. The minimum Gasteiger partial charge on any atom is -0.490 e. The van der Waals surface area contributed by atoms with Crippen LogP contribution in [-0.2, 0) is 0 Å². The predicted molar refractivity (Wildman–Crippen MR) is 121 cm³/mol. The molecule has 0 saturated heterocycles. The second-order valence-corrected chi connectivity index (χ2v) is 7.12. The van der Waals surface area contributed by atoms with Gasteiger partial charge in [0.25, 0.3) is 5.91 Å². The highest BCUT2D eigenvalue weighted by molar-refractivity contribution is 14.1. The van der Waals surface area contributed by atoms with E-state index in [4.69, 9.17) is 9.47 Å². The van der Waals surface area contributed by atoms with Gasteiger partial charge >= 0.3 is 0 Å². The maximum absolute atomic E-state index is 12.4. The molecule has 1 N–H and O–H groups in total. The van der Waals surface area contributed by atoms with Crippen LogP contribution in [0.25, 0.3) is 10.8 Å². The van der Waals surface area contributed by atoms with Crippen LogP contribution in [0.5, 0.6) is 11.5 Å². The van der Waals surface area contributed by atoms with Crippen LogP contribution >= 0.6 is 22.6 Å². The maximum Gasteiger partial charge on any atom is 0.271 e. The molecular weight excluding hydrogens is 467 g/mol. The molecule has 0 bridgehead atoms. The van der Waals surface area contributed by atoms with Crippen LogP contribution in [0, 0.1) is 3.57 Å². The average molecular weight is 488 g/mol. The van der Waals surface area contributed by atoms with Gasteiger partial charge in [0.05, 0.1) is 23.0 Å². The molecule has 0 unspecified atom stereocenters. The van der Waals surface area contributed by atoms with Gasteiger partial charge in [-0.05, 0) is 77.0 Å². The third-order valence-corrected chi connectivity index (χ3v) is 4.81. The fourth-order valence-corrected chi connectivity index (χ4v) is 3.55. The van der Waals surface area contributed by atoms with Gasteiger partial charge in [-0.3, -0.25) is 4.79 Å². The average Bonchev–Trinajstić information content (AvgIpc) is 2.70. The largest absolute Gasteiger partial charge is 0.490 e. The van der Waals surface area contributed by atoms with Crippen molar-refractivity contribution in [2.75, 3.05) is 13.2 Å². The Balaban J connectivity index is 1.74. The van der Waals surface area contributed by atoms with Crippen LogP contribution < -0.4 is 14.9 Å². The van der Waals surface area contributed by atoms with E-state index >= 15 is 0 Å². The van der Waals surface area contributed by atoms with Crippen molar-refractivity contribution in [3.8, 4) is 11.5 Å². The van der Waals surface area contributed by atoms with Gasteiger partial charge in [0, 0.05) is 5.56 Å². The second kappa shape index (κ2) is 9.54. The molecule has 144 valence electrons. The third-order valence-electron chi connectivity index (χ3n) is 4.01. The van der Waals surface area contributed by atoms with Crippen LogP contribution in [0.2, 0.25) is 0 Å². The van der Waals surface area contributed by atoms with Crippen molar-refractivity contribution >= 4 is 45.5 Å². The number of hydrazone groups is 1. The van der Waals surface area contributed by atoms with E-state index in [1.165, 1.54) is 0 Å². The zero-order chi connectivity index (χ0) is 19.9. The van der Waals surface area contributed by atoms with E-state index in [1.54, 1.807) is 12.3 Å². The molecule has 5 nitrogen and oxygen atoms in total. The summed E-state index contributed by atoms with van der Waals surface area (Å²) in [5.41, 5.74) is 3.96. The molecule has 0 aliphatic carbocycles. The zero-order valence-electron chi connectivity index (χ0n) is 15.7. The lowest BCUT2D eigenvalue weighted by atomic mass is 10.1. The molecule has 0 aromatic heterocycles. The molecule has 0 spiro atoms. The van der Waals surface area contributed by atoms with Gasteiger partial charge in [0.15, 0.2) is 11.5 Å². The lowest BCUT2D eigenvalue weighted by Crippen LogP contribution is -2.17. The number of fused-ring (bicyclic) bond motifs is 1. The van der Waals surface area contributed by atoms with Crippen molar-refractivity contribution in [2.45, 2.75) is 13.8 Å². The van der Waals surface area contributed by atoms with Gasteiger partial charge in [-0.15, -0.1) is 0 Å². The Morgan fingerprint density at radius 1 is 1.04 bits per heavy atom. The van der Waals surface area contributed by atoms with E-state index in [-0.39, 0.29) is 5.91 Å². The van der Waals surface area contributed by atoms with E-state index in [0.717, 1.165) is 25.7 Å². The highest BCUT2D eigenvalue weighted by atomic mass is 127. The molecule has 0 atom stereocenters. The van der Waals surface area contributed by atoms with Gasteiger partial charge in [0.1, 0.15) is 0 Å². The van der Waals surface area contributed by atoms with Crippen molar-refractivity contribution in [3.05, 3.63) is 69.3 Å². The number of halogens is 1. The standard InChI is InChI=1S/C22H21IN2O3/c1-3-27-20-12-15(11-19(23)21(20)28-4-2)14-24-25-22(26)18-10-9-16-7-5-6-8-17(16)13-18/h5-14H,3-4H2,1-2H3,(H,25,26)/b24-14-. The van der Waals surface area contributed by atoms with Gasteiger partial charge < -0.3 is 9.47 Å². The van der Waals surface area contributed by atoms with E-state index in [9.17, 15) is 4.79 Å². The normalized spacial score (nSPS) is 11.0. The Kier molecular flexibility index (Phi) is 6.86. The lowest BCUT2D eigenvalue weighted by molar-refractivity contribution is 0.0955. The number of ether oxygens (including phenoxy) is 2. The summed E-state index contributed by atoms with van der Waals surface area (Å²) in [6.45, 7) is 4.96. The minimum atomic E-state index is -0.257. The maximum atomic E-state index is 12.4. The Bertz CT molecular complexity index is 1020. The Morgan fingerprint density at radius 3 is 2.54 bits per heavy atom. The third kappa shape index (κ3) is 4.81. The first-order valence-electron chi connectivity index (χ1n) is 9.03. The minimum absolute atomic E-state index is 0.257. The molecule has 3 aromatic carbocycles. The molecule has 0 fully saturated rings. The van der Waals surface area contributed by atoms with Crippen LogP contribution in [0.1, 0.15) is 29.8 Å². The first-order valence-corrected chi connectivity index (χ1v) is 10.1. The number of rotatable bonds is 7. The zero-order valence-corrected chi connectivity index (χ0v) is 17.9. The van der Waals surface area contributed by atoms with Crippen molar-refractivity contribution in [1.82, 2.24) is 5.43 Å². The molecule has 0 radical (unpaired) electrons. The second-order valence-electron chi connectivity index (χ2n) is 5.96. The van der Waals surface area contributed by atoms with Crippen molar-refractivity contribution < 1.29 is 14.3 Å². The number of carbonyl (C=O) groups excluding carboxylic acids is 1. The number of amides is 1. The number of nitrogens with one attached hydrogen (secondary N) is 1. The quantitative estimate of drug-likeness (QED) is 0.289. The van der Waals surface area contributed by atoms with Crippen LogP contribution in [-0.4, -0.2) is 25.3 Å². The van der Waals surface area contributed by atoms with Gasteiger partial charge in [-0.1, -0.05) is 30.3 Å². The number of nitrogens with zero attached hydrogens (tertiary/aromatic N) is 1. The van der Waals surface area contributed by atoms with E-state index in [1.807, 2.05) is 62.4 Å². The Hall–Kier alpha value is -2.61. The summed E-state index contributed by atoms with van der Waals surface area (Å²) in [7, 11) is 0. The van der Waals surface area contributed by atoms with E-state index in [0.29, 0.717) is 24.5 Å². The van der Waals surface area contributed by atoms with E-state index < -0.39 is 0 Å². The Morgan fingerprint density at radius 2 is 1.79 bits per heavy atom. The monoisotopic (exact) mass is 488 g/mol. The summed E-state index contributed by atoms with van der Waals surface area (Å²) in [6.07, 6.45) is 1.60. The molecule has 0 aliphatic rings. The fraction of sp³-hybridized carbons (Fsp3) is 0.182. The number of benzene rings is 3. The molecule has 3 aromatic rings. The number of carbonyl (C=O) groups is 1. The van der Waals surface area contributed by atoms with E-state index in [2.05, 4.69) is 33.1 Å². The summed E-state index contributed by atoms with van der Waals surface area (Å²) < 4.78 is 12.3. The summed E-state index contributed by atoms with van der Waals surface area (Å²) in [5, 5.41) is 6.20. The number of hydrogen-bond acceptors (Lipinski definition) is 4. The molecule has 3 rings (SSSR count). The number of hydrogen-bond donors (Lipinski definition) is 1. The molecule has 28 heavy (non-hydrogen) atoms. The van der Waals surface area contributed by atoms with Crippen molar-refractivity contribution in [3.63, 3.8) is 0 Å². The van der Waals surface area contributed by atoms with Crippen molar-refractivity contribution in [2.24, 2.45) is 5.10 Å². The van der Waals surface area contributed by atoms with Crippen LogP contribution in [0.4, 0.5) is 0 Å². The SMILES string of the molecule is CCOc1cc(/C=N\NC(=O)c2ccc3ccccc3c2)cc(I)c1OCC. The molecule has 6 heteroatoms. The molecule has 0 saturated carbocycles. The fourth-order valence-electron chi connectivity index (χ4n) is 2.77. The smallest absolute Gasteiger partial charge is 0.271 e. The molecule has 0 aliphatic heterocycles. The Labute approximate surface area is 177 Å². The lowest BCUT2D eigenvalue weighted by Gasteiger charge is -2.13. The van der Waals surface area contributed by atoms with Gasteiger partial charge in [0.2, 0.25) is 0 Å². The van der Waals surface area contributed by atoms with Gasteiger partial charge in [-0.2, -0.15) is 5.10 Å². The van der Waals surface area contributed by atoms with Crippen LogP contribution in [0.15, 0.2) is 59.7 Å². The van der Waals surface area contributed by atoms with Crippen LogP contribution in [0.3, 0.4) is 0 Å². The molecule has 1 amide bonds. The summed E-state index contributed by atoms with van der Waals surface area (Å²) in [4.78, 5) is 12.4. The predicted octanol–water partition coefficient (Wildman–Crippen LogP) is 5.01. The molecule has 0 heterocycles. The molecular formula is C22H21IN2O3. The summed E-state index contributed by atoms with van der Waals surface area (Å²) >= 11 is 2.20.